The zero-order valence-corrected chi connectivity index (χ0v) is 7.99. The minimum absolute atomic E-state index is 0.253. The maximum absolute atomic E-state index is 8.84. The molecule has 0 aromatic rings. The van der Waals surface area contributed by atoms with Crippen LogP contribution in [-0.4, -0.2) is 48.5 Å². The molecule has 3 nitrogen and oxygen atoms in total. The van der Waals surface area contributed by atoms with Crippen molar-refractivity contribution in [3.8, 4) is 0 Å². The first-order valence-corrected chi connectivity index (χ1v) is 4.74. The number of hydrogen-bond acceptors (Lipinski definition) is 3. The Morgan fingerprint density at radius 3 is 2.92 bits per heavy atom. The predicted octanol–water partition coefficient (Wildman–Crippen LogP) is 0.478. The van der Waals surface area contributed by atoms with Crippen molar-refractivity contribution in [2.75, 3.05) is 26.3 Å². The fourth-order valence-corrected chi connectivity index (χ4v) is 1.69. The number of β-amino-alcohol motifs (C(OH)–C–C–N with tert-alkyl or cyclic N) is 1. The fourth-order valence-electron chi connectivity index (χ4n) is 1.69. The fraction of sp³-hybridized carbons (Fsp3) is 1.00. The molecule has 0 bridgehead atoms. The van der Waals surface area contributed by atoms with Gasteiger partial charge in [-0.2, -0.15) is 0 Å². The summed E-state index contributed by atoms with van der Waals surface area (Å²) < 4.78 is 5.53. The van der Waals surface area contributed by atoms with Crippen LogP contribution in [0, 0.1) is 0 Å². The average Bonchev–Trinajstić information content (AvgIpc) is 2.05. The van der Waals surface area contributed by atoms with Gasteiger partial charge in [-0.1, -0.05) is 6.92 Å². The molecule has 1 saturated heterocycles. The first-order chi connectivity index (χ1) is 5.77. The zero-order chi connectivity index (χ0) is 8.97. The Kier molecular flexibility index (Phi) is 3.98. The Hall–Kier alpha value is -0.120. The summed E-state index contributed by atoms with van der Waals surface area (Å²) in [5, 5.41) is 8.84. The van der Waals surface area contributed by atoms with E-state index in [1.54, 1.807) is 0 Å². The van der Waals surface area contributed by atoms with Gasteiger partial charge in [-0.25, -0.2) is 0 Å². The third-order valence-electron chi connectivity index (χ3n) is 2.44. The minimum atomic E-state index is 0.253. The molecule has 1 aliphatic heterocycles. The lowest BCUT2D eigenvalue weighted by molar-refractivity contribution is -0.0595. The van der Waals surface area contributed by atoms with Crippen LogP contribution in [0.3, 0.4) is 0 Å². The largest absolute Gasteiger partial charge is 0.395 e. The molecule has 2 unspecified atom stereocenters. The van der Waals surface area contributed by atoms with Crippen LogP contribution in [0.2, 0.25) is 0 Å². The minimum Gasteiger partial charge on any atom is -0.395 e. The third-order valence-corrected chi connectivity index (χ3v) is 2.44. The van der Waals surface area contributed by atoms with Crippen LogP contribution in [0.4, 0.5) is 0 Å². The molecule has 0 spiro atoms. The van der Waals surface area contributed by atoms with Gasteiger partial charge in [-0.05, 0) is 13.3 Å². The zero-order valence-electron chi connectivity index (χ0n) is 7.99. The first kappa shape index (κ1) is 9.96. The highest BCUT2D eigenvalue weighted by Crippen LogP contribution is 2.13. The molecule has 3 heteroatoms. The number of hydrogen-bond donors (Lipinski definition) is 1. The number of aliphatic hydroxyl groups is 1. The van der Waals surface area contributed by atoms with Crippen LogP contribution < -0.4 is 0 Å². The molecule has 0 aliphatic carbocycles. The normalized spacial score (nSPS) is 32.2. The van der Waals surface area contributed by atoms with Gasteiger partial charge < -0.3 is 9.84 Å². The van der Waals surface area contributed by atoms with Crippen LogP contribution in [0.1, 0.15) is 20.3 Å². The molecular formula is C9H19NO2. The van der Waals surface area contributed by atoms with Gasteiger partial charge in [0, 0.05) is 19.1 Å². The summed E-state index contributed by atoms with van der Waals surface area (Å²) in [7, 11) is 0. The molecular weight excluding hydrogens is 154 g/mol. The molecule has 72 valence electrons. The number of aliphatic hydroxyl groups excluding tert-OH is 1. The molecule has 0 aromatic carbocycles. The van der Waals surface area contributed by atoms with Gasteiger partial charge in [0.1, 0.15) is 0 Å². The second-order valence-electron chi connectivity index (χ2n) is 3.42. The molecule has 0 aromatic heterocycles. The van der Waals surface area contributed by atoms with Gasteiger partial charge in [0.05, 0.1) is 19.3 Å². The Morgan fingerprint density at radius 1 is 1.58 bits per heavy atom. The van der Waals surface area contributed by atoms with Crippen molar-refractivity contribution in [3.05, 3.63) is 0 Å². The highest BCUT2D eigenvalue weighted by Gasteiger charge is 2.24. The quantitative estimate of drug-likeness (QED) is 0.673. The van der Waals surface area contributed by atoms with Gasteiger partial charge >= 0.3 is 0 Å². The molecule has 1 heterocycles. The van der Waals surface area contributed by atoms with Crippen molar-refractivity contribution < 1.29 is 9.84 Å². The highest BCUT2D eigenvalue weighted by molar-refractivity contribution is 4.76. The van der Waals surface area contributed by atoms with Crippen molar-refractivity contribution >= 4 is 0 Å². The summed E-state index contributed by atoms with van der Waals surface area (Å²) in [6.07, 6.45) is 1.42. The second-order valence-corrected chi connectivity index (χ2v) is 3.42. The Morgan fingerprint density at radius 2 is 2.33 bits per heavy atom. The Labute approximate surface area is 74.3 Å². The van der Waals surface area contributed by atoms with Crippen molar-refractivity contribution in [1.29, 1.82) is 0 Å². The standard InChI is InChI=1S/C9H19NO2/c1-3-9-7-12-8(2)6-10(9)4-5-11/h8-9,11H,3-7H2,1-2H3. The maximum Gasteiger partial charge on any atom is 0.0674 e. The molecule has 1 N–H and O–H groups in total. The van der Waals surface area contributed by atoms with E-state index in [2.05, 4.69) is 18.7 Å². The van der Waals surface area contributed by atoms with Gasteiger partial charge in [-0.15, -0.1) is 0 Å². The summed E-state index contributed by atoms with van der Waals surface area (Å²) in [6.45, 7) is 7.05. The van der Waals surface area contributed by atoms with E-state index < -0.39 is 0 Å². The SMILES string of the molecule is CCC1COC(C)CN1CCO. The molecule has 0 amide bonds. The smallest absolute Gasteiger partial charge is 0.0674 e. The molecule has 0 radical (unpaired) electrons. The summed E-state index contributed by atoms with van der Waals surface area (Å²) in [5.74, 6) is 0. The third kappa shape index (κ3) is 2.44. The van der Waals surface area contributed by atoms with E-state index in [1.165, 1.54) is 0 Å². The number of rotatable bonds is 3. The Bertz CT molecular complexity index is 130. The van der Waals surface area contributed by atoms with Crippen molar-refractivity contribution in [3.63, 3.8) is 0 Å². The van der Waals surface area contributed by atoms with Crippen LogP contribution in [0.25, 0.3) is 0 Å². The summed E-state index contributed by atoms with van der Waals surface area (Å²) in [4.78, 5) is 2.31. The lowest BCUT2D eigenvalue weighted by atomic mass is 10.1. The van der Waals surface area contributed by atoms with Gasteiger partial charge in [0.2, 0.25) is 0 Å². The number of nitrogens with zero attached hydrogens (tertiary/aromatic N) is 1. The molecule has 1 aliphatic rings. The van der Waals surface area contributed by atoms with Crippen molar-refractivity contribution in [2.45, 2.75) is 32.4 Å². The Balaban J connectivity index is 2.40. The number of morpholine rings is 1. The molecule has 0 saturated carbocycles. The summed E-state index contributed by atoms with van der Waals surface area (Å²) >= 11 is 0. The second kappa shape index (κ2) is 4.80. The monoisotopic (exact) mass is 173 g/mol. The van der Waals surface area contributed by atoms with Crippen LogP contribution in [0.15, 0.2) is 0 Å². The average molecular weight is 173 g/mol. The lowest BCUT2D eigenvalue weighted by Crippen LogP contribution is -2.49. The molecule has 12 heavy (non-hydrogen) atoms. The van der Waals surface area contributed by atoms with Gasteiger partial charge in [0.25, 0.3) is 0 Å². The van der Waals surface area contributed by atoms with Crippen LogP contribution >= 0.6 is 0 Å². The van der Waals surface area contributed by atoms with Gasteiger partial charge in [-0.3, -0.25) is 4.90 Å². The van der Waals surface area contributed by atoms with E-state index >= 15 is 0 Å². The predicted molar refractivity (Wildman–Crippen MR) is 48.2 cm³/mol. The van der Waals surface area contributed by atoms with E-state index in [-0.39, 0.29) is 6.61 Å². The lowest BCUT2D eigenvalue weighted by Gasteiger charge is -2.37. The van der Waals surface area contributed by atoms with E-state index in [0.717, 1.165) is 26.1 Å². The van der Waals surface area contributed by atoms with E-state index in [4.69, 9.17) is 9.84 Å². The van der Waals surface area contributed by atoms with Crippen molar-refractivity contribution in [1.82, 2.24) is 4.90 Å². The van der Waals surface area contributed by atoms with Crippen LogP contribution in [-0.2, 0) is 4.74 Å². The van der Waals surface area contributed by atoms with E-state index in [9.17, 15) is 0 Å². The number of ether oxygens (including phenoxy) is 1. The molecule has 1 fully saturated rings. The van der Waals surface area contributed by atoms with Crippen molar-refractivity contribution in [2.24, 2.45) is 0 Å². The summed E-state index contributed by atoms with van der Waals surface area (Å²) in [5.41, 5.74) is 0. The summed E-state index contributed by atoms with van der Waals surface area (Å²) in [6, 6.07) is 0.508. The van der Waals surface area contributed by atoms with Gasteiger partial charge in [0.15, 0.2) is 0 Å². The highest BCUT2D eigenvalue weighted by atomic mass is 16.5. The maximum atomic E-state index is 8.84. The van der Waals surface area contributed by atoms with Crippen LogP contribution in [0.5, 0.6) is 0 Å². The van der Waals surface area contributed by atoms with E-state index in [1.807, 2.05) is 0 Å². The molecule has 1 rings (SSSR count). The first-order valence-electron chi connectivity index (χ1n) is 4.74. The molecule has 2 atom stereocenters. The topological polar surface area (TPSA) is 32.7 Å². The van der Waals surface area contributed by atoms with E-state index in [0.29, 0.717) is 12.1 Å².